The predicted molar refractivity (Wildman–Crippen MR) is 69.6 cm³/mol. The zero-order chi connectivity index (χ0) is 13.5. The van der Waals surface area contributed by atoms with Crippen molar-refractivity contribution < 1.29 is 4.39 Å². The molecule has 0 radical (unpaired) electrons. The Balaban J connectivity index is 1.95. The molecule has 1 aromatic heterocycles. The first-order valence-corrected chi connectivity index (χ1v) is 6.39. The van der Waals surface area contributed by atoms with Crippen LogP contribution in [0.25, 0.3) is 11.4 Å². The number of benzene rings is 1. The Bertz CT molecular complexity index is 603. The topological polar surface area (TPSA) is 69.6 Å². The van der Waals surface area contributed by atoms with Gasteiger partial charge in [-0.15, -0.1) is 5.10 Å². The summed E-state index contributed by atoms with van der Waals surface area (Å²) in [5, 5.41) is 11.8. The van der Waals surface area contributed by atoms with Gasteiger partial charge in [-0.1, -0.05) is 13.3 Å². The lowest BCUT2D eigenvalue weighted by atomic mass is 9.70. The highest BCUT2D eigenvalue weighted by Crippen LogP contribution is 2.42. The van der Waals surface area contributed by atoms with Gasteiger partial charge < -0.3 is 5.73 Å². The predicted octanol–water partition coefficient (Wildman–Crippen LogP) is 2.25. The molecular weight excluding hydrogens is 245 g/mol. The van der Waals surface area contributed by atoms with Gasteiger partial charge in [0.15, 0.2) is 5.82 Å². The molecule has 5 nitrogen and oxygen atoms in total. The van der Waals surface area contributed by atoms with E-state index in [1.807, 2.05) is 0 Å². The van der Waals surface area contributed by atoms with Gasteiger partial charge in [-0.05, 0) is 46.9 Å². The highest BCUT2D eigenvalue weighted by molar-refractivity contribution is 5.71. The third-order valence-electron chi connectivity index (χ3n) is 3.88. The number of rotatable bonds is 3. The van der Waals surface area contributed by atoms with E-state index >= 15 is 0 Å². The van der Waals surface area contributed by atoms with Crippen molar-refractivity contribution in [3.05, 3.63) is 24.0 Å². The summed E-state index contributed by atoms with van der Waals surface area (Å²) in [6.07, 6.45) is 3.63. The van der Waals surface area contributed by atoms with Crippen LogP contribution in [0.4, 0.5) is 10.1 Å². The third kappa shape index (κ3) is 2.18. The van der Waals surface area contributed by atoms with Crippen LogP contribution in [0.2, 0.25) is 0 Å². The van der Waals surface area contributed by atoms with Crippen LogP contribution < -0.4 is 5.73 Å². The molecule has 19 heavy (non-hydrogen) atoms. The summed E-state index contributed by atoms with van der Waals surface area (Å²) in [6.45, 7) is 3.00. The quantitative estimate of drug-likeness (QED) is 0.860. The molecule has 0 amide bonds. The zero-order valence-corrected chi connectivity index (χ0v) is 10.8. The Morgan fingerprint density at radius 2 is 2.21 bits per heavy atom. The van der Waals surface area contributed by atoms with E-state index in [0.29, 0.717) is 17.1 Å². The van der Waals surface area contributed by atoms with Crippen LogP contribution in [0.1, 0.15) is 26.2 Å². The van der Waals surface area contributed by atoms with E-state index in [2.05, 4.69) is 22.4 Å². The Morgan fingerprint density at radius 1 is 1.42 bits per heavy atom. The number of halogens is 1. The Labute approximate surface area is 110 Å². The summed E-state index contributed by atoms with van der Waals surface area (Å²) in [6, 6.07) is 4.28. The average molecular weight is 261 g/mol. The molecule has 6 heteroatoms. The molecule has 0 aliphatic heterocycles. The molecule has 3 rings (SSSR count). The molecule has 1 fully saturated rings. The minimum Gasteiger partial charge on any atom is -0.398 e. The SMILES string of the molecule is CC1(Cn2nnnc2-c2ccc(F)cc2N)CCC1. The maximum Gasteiger partial charge on any atom is 0.184 e. The molecule has 0 spiro atoms. The molecule has 0 saturated heterocycles. The molecule has 1 aromatic carbocycles. The molecule has 1 heterocycles. The maximum absolute atomic E-state index is 13.1. The standard InChI is InChI=1S/C13H16FN5/c1-13(5-2-6-13)8-19-12(16-17-18-19)10-4-3-9(14)7-11(10)15/h3-4,7H,2,5-6,8,15H2,1H3. The fourth-order valence-electron chi connectivity index (χ4n) is 2.54. The summed E-state index contributed by atoms with van der Waals surface area (Å²) >= 11 is 0. The summed E-state index contributed by atoms with van der Waals surface area (Å²) in [7, 11) is 0. The van der Waals surface area contributed by atoms with Gasteiger partial charge in [0.05, 0.1) is 6.54 Å². The smallest absolute Gasteiger partial charge is 0.184 e. The molecule has 1 aliphatic carbocycles. The summed E-state index contributed by atoms with van der Waals surface area (Å²) in [5.74, 6) is 0.247. The van der Waals surface area contributed by atoms with Gasteiger partial charge in [0.25, 0.3) is 0 Å². The van der Waals surface area contributed by atoms with E-state index in [1.54, 1.807) is 10.7 Å². The molecular formula is C13H16FN5. The van der Waals surface area contributed by atoms with E-state index in [4.69, 9.17) is 5.73 Å². The molecule has 1 aliphatic rings. The van der Waals surface area contributed by atoms with Gasteiger partial charge in [-0.25, -0.2) is 9.07 Å². The van der Waals surface area contributed by atoms with Crippen molar-refractivity contribution in [2.24, 2.45) is 5.41 Å². The van der Waals surface area contributed by atoms with Crippen LogP contribution in [0.3, 0.4) is 0 Å². The van der Waals surface area contributed by atoms with Crippen LogP contribution in [0, 0.1) is 11.2 Å². The summed E-state index contributed by atoms with van der Waals surface area (Å²) < 4.78 is 14.9. The van der Waals surface area contributed by atoms with Crippen molar-refractivity contribution in [2.75, 3.05) is 5.73 Å². The van der Waals surface area contributed by atoms with Gasteiger partial charge in [0.1, 0.15) is 5.82 Å². The average Bonchev–Trinajstić information content (AvgIpc) is 2.75. The van der Waals surface area contributed by atoms with Crippen LogP contribution in [-0.4, -0.2) is 20.2 Å². The molecule has 0 bridgehead atoms. The molecule has 2 aromatic rings. The highest BCUT2D eigenvalue weighted by Gasteiger charge is 2.33. The molecule has 0 unspecified atom stereocenters. The zero-order valence-electron chi connectivity index (χ0n) is 10.8. The fourth-order valence-corrected chi connectivity index (χ4v) is 2.54. The lowest BCUT2D eigenvalue weighted by Crippen LogP contribution is -2.31. The minimum absolute atomic E-state index is 0.263. The largest absolute Gasteiger partial charge is 0.398 e. The van der Waals surface area contributed by atoms with Gasteiger partial charge in [-0.2, -0.15) is 0 Å². The number of aromatic nitrogens is 4. The molecule has 0 atom stereocenters. The Hall–Kier alpha value is -1.98. The van der Waals surface area contributed by atoms with Crippen molar-refractivity contribution in [2.45, 2.75) is 32.7 Å². The number of nitrogens with two attached hydrogens (primary N) is 1. The van der Waals surface area contributed by atoms with Crippen LogP contribution in [-0.2, 0) is 6.54 Å². The summed E-state index contributed by atoms with van der Waals surface area (Å²) in [4.78, 5) is 0. The number of anilines is 1. The van der Waals surface area contributed by atoms with E-state index in [9.17, 15) is 4.39 Å². The highest BCUT2D eigenvalue weighted by atomic mass is 19.1. The van der Waals surface area contributed by atoms with Crippen LogP contribution in [0.5, 0.6) is 0 Å². The van der Waals surface area contributed by atoms with Gasteiger partial charge >= 0.3 is 0 Å². The first-order chi connectivity index (χ1) is 9.07. The third-order valence-corrected chi connectivity index (χ3v) is 3.88. The van der Waals surface area contributed by atoms with E-state index in [-0.39, 0.29) is 11.2 Å². The lowest BCUT2D eigenvalue weighted by molar-refractivity contribution is 0.126. The molecule has 100 valence electrons. The van der Waals surface area contributed by atoms with Crippen molar-refractivity contribution in [1.29, 1.82) is 0 Å². The number of nitrogen functional groups attached to an aromatic ring is 1. The van der Waals surface area contributed by atoms with E-state index < -0.39 is 0 Å². The first-order valence-electron chi connectivity index (χ1n) is 6.39. The number of tetrazole rings is 1. The molecule has 2 N–H and O–H groups in total. The van der Waals surface area contributed by atoms with Crippen LogP contribution >= 0.6 is 0 Å². The van der Waals surface area contributed by atoms with E-state index in [1.165, 1.54) is 31.4 Å². The lowest BCUT2D eigenvalue weighted by Gasteiger charge is -2.38. The second-order valence-electron chi connectivity index (χ2n) is 5.56. The van der Waals surface area contributed by atoms with Crippen molar-refractivity contribution in [1.82, 2.24) is 20.2 Å². The van der Waals surface area contributed by atoms with Gasteiger partial charge in [0, 0.05) is 11.3 Å². The first kappa shape index (κ1) is 12.1. The minimum atomic E-state index is -0.355. The maximum atomic E-state index is 13.1. The molecule has 1 saturated carbocycles. The monoisotopic (exact) mass is 261 g/mol. The van der Waals surface area contributed by atoms with Crippen molar-refractivity contribution in [3.63, 3.8) is 0 Å². The number of hydrogen-bond donors (Lipinski definition) is 1. The van der Waals surface area contributed by atoms with Crippen LogP contribution in [0.15, 0.2) is 18.2 Å². The van der Waals surface area contributed by atoms with Crippen molar-refractivity contribution in [3.8, 4) is 11.4 Å². The Morgan fingerprint density at radius 3 is 2.84 bits per heavy atom. The number of nitrogens with zero attached hydrogens (tertiary/aromatic N) is 4. The second-order valence-corrected chi connectivity index (χ2v) is 5.56. The fraction of sp³-hybridized carbons (Fsp3) is 0.462. The normalized spacial score (nSPS) is 17.2. The Kier molecular flexibility index (Phi) is 2.73. The van der Waals surface area contributed by atoms with E-state index in [0.717, 1.165) is 6.54 Å². The summed E-state index contributed by atoms with van der Waals surface area (Å²) in [5.41, 5.74) is 7.14. The van der Waals surface area contributed by atoms with Gasteiger partial charge in [0.2, 0.25) is 0 Å². The second kappa shape index (κ2) is 4.29. The van der Waals surface area contributed by atoms with Crippen molar-refractivity contribution >= 4 is 5.69 Å². The number of hydrogen-bond acceptors (Lipinski definition) is 4. The van der Waals surface area contributed by atoms with Gasteiger partial charge in [-0.3, -0.25) is 0 Å².